The third-order valence-corrected chi connectivity index (χ3v) is 2.61. The molecule has 86 valence electrons. The summed E-state index contributed by atoms with van der Waals surface area (Å²) in [5, 5.41) is 8.87. The minimum atomic E-state index is -0.00704. The number of benzene rings is 1. The van der Waals surface area contributed by atoms with Gasteiger partial charge in [0.15, 0.2) is 0 Å². The van der Waals surface area contributed by atoms with Crippen molar-refractivity contribution in [3.63, 3.8) is 0 Å². The molecule has 1 fully saturated rings. The molecule has 0 radical (unpaired) electrons. The first kappa shape index (κ1) is 11.1. The molecule has 1 aliphatic heterocycles. The summed E-state index contributed by atoms with van der Waals surface area (Å²) in [6, 6.07) is 7.71. The lowest BCUT2D eigenvalue weighted by atomic mass is 10.1. The Morgan fingerprint density at radius 2 is 2.31 bits per heavy atom. The van der Waals surface area contributed by atoms with E-state index in [-0.39, 0.29) is 19.1 Å². The van der Waals surface area contributed by atoms with Crippen molar-refractivity contribution in [3.8, 4) is 0 Å². The summed E-state index contributed by atoms with van der Waals surface area (Å²) in [4.78, 5) is 13.3. The number of amides is 1. The SMILES string of the molecule is O=C1COCCN1c1cccc(CCO)c1. The molecular formula is C12H15NO3. The third kappa shape index (κ3) is 2.40. The molecular weight excluding hydrogens is 206 g/mol. The van der Waals surface area contributed by atoms with Gasteiger partial charge in [-0.2, -0.15) is 0 Å². The van der Waals surface area contributed by atoms with Crippen molar-refractivity contribution in [2.45, 2.75) is 6.42 Å². The minimum Gasteiger partial charge on any atom is -0.396 e. The van der Waals surface area contributed by atoms with Crippen LogP contribution in [0, 0.1) is 0 Å². The van der Waals surface area contributed by atoms with E-state index in [1.807, 2.05) is 24.3 Å². The Hall–Kier alpha value is -1.39. The van der Waals surface area contributed by atoms with Crippen LogP contribution in [0.25, 0.3) is 0 Å². The van der Waals surface area contributed by atoms with Crippen LogP contribution in [0.2, 0.25) is 0 Å². The summed E-state index contributed by atoms with van der Waals surface area (Å²) >= 11 is 0. The molecule has 1 amide bonds. The monoisotopic (exact) mass is 221 g/mol. The molecule has 0 bridgehead atoms. The number of aliphatic hydroxyl groups excluding tert-OH is 1. The van der Waals surface area contributed by atoms with Crippen molar-refractivity contribution >= 4 is 11.6 Å². The molecule has 1 aromatic rings. The molecule has 4 heteroatoms. The van der Waals surface area contributed by atoms with Gasteiger partial charge in [0.1, 0.15) is 6.61 Å². The lowest BCUT2D eigenvalue weighted by Gasteiger charge is -2.27. The summed E-state index contributed by atoms with van der Waals surface area (Å²) in [6.45, 7) is 1.46. The van der Waals surface area contributed by atoms with Crippen LogP contribution in [0.3, 0.4) is 0 Å². The molecule has 1 aromatic carbocycles. The molecule has 1 heterocycles. The summed E-state index contributed by atoms with van der Waals surface area (Å²) in [6.07, 6.45) is 0.617. The molecule has 0 aliphatic carbocycles. The van der Waals surface area contributed by atoms with E-state index in [0.717, 1.165) is 11.3 Å². The molecule has 0 spiro atoms. The van der Waals surface area contributed by atoms with E-state index in [1.165, 1.54) is 0 Å². The van der Waals surface area contributed by atoms with Crippen molar-refractivity contribution in [1.29, 1.82) is 0 Å². The second-order valence-corrected chi connectivity index (χ2v) is 3.74. The van der Waals surface area contributed by atoms with E-state index in [1.54, 1.807) is 4.90 Å². The molecule has 0 atom stereocenters. The smallest absolute Gasteiger partial charge is 0.253 e. The standard InChI is InChI=1S/C12H15NO3/c14-6-4-10-2-1-3-11(8-10)13-5-7-16-9-12(13)15/h1-3,8,14H,4-7,9H2. The average molecular weight is 221 g/mol. The van der Waals surface area contributed by atoms with Crippen molar-refractivity contribution in [1.82, 2.24) is 0 Å². The van der Waals surface area contributed by atoms with Crippen LogP contribution in [-0.2, 0) is 16.0 Å². The van der Waals surface area contributed by atoms with Gasteiger partial charge in [-0.25, -0.2) is 0 Å². The Balaban J connectivity index is 2.18. The minimum absolute atomic E-state index is 0.00704. The van der Waals surface area contributed by atoms with Crippen molar-refractivity contribution in [2.24, 2.45) is 0 Å². The van der Waals surface area contributed by atoms with Gasteiger partial charge < -0.3 is 14.7 Å². The average Bonchev–Trinajstić information content (AvgIpc) is 2.30. The largest absolute Gasteiger partial charge is 0.396 e. The van der Waals surface area contributed by atoms with E-state index in [2.05, 4.69) is 0 Å². The van der Waals surface area contributed by atoms with Gasteiger partial charge in [-0.1, -0.05) is 12.1 Å². The molecule has 0 aromatic heterocycles. The zero-order valence-corrected chi connectivity index (χ0v) is 9.06. The Morgan fingerprint density at radius 1 is 1.44 bits per heavy atom. The van der Waals surface area contributed by atoms with E-state index in [9.17, 15) is 4.79 Å². The maximum Gasteiger partial charge on any atom is 0.253 e. The van der Waals surface area contributed by atoms with Gasteiger partial charge in [0.2, 0.25) is 0 Å². The number of carbonyl (C=O) groups excluding carboxylic acids is 1. The normalized spacial score (nSPS) is 16.6. The third-order valence-electron chi connectivity index (χ3n) is 2.61. The van der Waals surface area contributed by atoms with Crippen LogP contribution in [0.4, 0.5) is 5.69 Å². The first-order valence-electron chi connectivity index (χ1n) is 5.39. The fourth-order valence-corrected chi connectivity index (χ4v) is 1.80. The van der Waals surface area contributed by atoms with E-state index in [4.69, 9.17) is 9.84 Å². The van der Waals surface area contributed by atoms with Crippen molar-refractivity contribution in [2.75, 3.05) is 31.3 Å². The number of hydrogen-bond acceptors (Lipinski definition) is 3. The van der Waals surface area contributed by atoms with Crippen LogP contribution in [0.15, 0.2) is 24.3 Å². The quantitative estimate of drug-likeness (QED) is 0.812. The molecule has 0 saturated carbocycles. The van der Waals surface area contributed by atoms with Gasteiger partial charge in [-0.3, -0.25) is 4.79 Å². The topological polar surface area (TPSA) is 49.8 Å². The predicted octanol–water partition coefficient (Wildman–Crippen LogP) is 0.585. The fourth-order valence-electron chi connectivity index (χ4n) is 1.80. The van der Waals surface area contributed by atoms with Crippen LogP contribution in [-0.4, -0.2) is 37.4 Å². The fraction of sp³-hybridized carbons (Fsp3) is 0.417. The van der Waals surface area contributed by atoms with Crippen molar-refractivity contribution < 1.29 is 14.6 Å². The number of rotatable bonds is 3. The zero-order valence-electron chi connectivity index (χ0n) is 9.06. The summed E-state index contributed by atoms with van der Waals surface area (Å²) in [7, 11) is 0. The highest BCUT2D eigenvalue weighted by Crippen LogP contribution is 2.18. The molecule has 1 saturated heterocycles. The van der Waals surface area contributed by atoms with E-state index >= 15 is 0 Å². The summed E-state index contributed by atoms with van der Waals surface area (Å²) in [5.74, 6) is -0.00704. The van der Waals surface area contributed by atoms with Crippen molar-refractivity contribution in [3.05, 3.63) is 29.8 Å². The molecule has 1 aliphatic rings. The van der Waals surface area contributed by atoms with Gasteiger partial charge in [-0.05, 0) is 24.1 Å². The van der Waals surface area contributed by atoms with E-state index in [0.29, 0.717) is 19.6 Å². The van der Waals surface area contributed by atoms with Gasteiger partial charge in [0, 0.05) is 18.8 Å². The number of carbonyl (C=O) groups is 1. The maximum absolute atomic E-state index is 11.6. The van der Waals surface area contributed by atoms with Gasteiger partial charge in [0.25, 0.3) is 5.91 Å². The lowest BCUT2D eigenvalue weighted by molar-refractivity contribution is -0.125. The molecule has 1 N–H and O–H groups in total. The molecule has 0 unspecified atom stereocenters. The number of morpholine rings is 1. The van der Waals surface area contributed by atoms with Gasteiger partial charge in [0.05, 0.1) is 6.61 Å². The van der Waals surface area contributed by atoms with Gasteiger partial charge >= 0.3 is 0 Å². The highest BCUT2D eigenvalue weighted by atomic mass is 16.5. The molecule has 2 rings (SSSR count). The number of anilines is 1. The predicted molar refractivity (Wildman–Crippen MR) is 60.4 cm³/mol. The first-order valence-corrected chi connectivity index (χ1v) is 5.39. The lowest BCUT2D eigenvalue weighted by Crippen LogP contribution is -2.41. The Morgan fingerprint density at radius 3 is 3.06 bits per heavy atom. The van der Waals surface area contributed by atoms with Crippen LogP contribution < -0.4 is 4.90 Å². The Bertz CT molecular complexity index is 378. The summed E-state index contributed by atoms with van der Waals surface area (Å²) in [5.41, 5.74) is 1.93. The Labute approximate surface area is 94.4 Å². The van der Waals surface area contributed by atoms with Crippen LogP contribution in [0.1, 0.15) is 5.56 Å². The summed E-state index contributed by atoms with van der Waals surface area (Å²) < 4.78 is 5.08. The number of aliphatic hydroxyl groups is 1. The first-order chi connectivity index (χ1) is 7.81. The maximum atomic E-state index is 11.6. The van der Waals surface area contributed by atoms with Crippen LogP contribution in [0.5, 0.6) is 0 Å². The number of ether oxygens (including phenoxy) is 1. The highest BCUT2D eigenvalue weighted by molar-refractivity contribution is 5.94. The molecule has 4 nitrogen and oxygen atoms in total. The van der Waals surface area contributed by atoms with Crippen LogP contribution >= 0.6 is 0 Å². The second kappa shape index (κ2) is 5.09. The number of nitrogens with zero attached hydrogens (tertiary/aromatic N) is 1. The zero-order chi connectivity index (χ0) is 11.4. The highest BCUT2D eigenvalue weighted by Gasteiger charge is 2.19. The van der Waals surface area contributed by atoms with Gasteiger partial charge in [-0.15, -0.1) is 0 Å². The van der Waals surface area contributed by atoms with E-state index < -0.39 is 0 Å². The number of hydrogen-bond donors (Lipinski definition) is 1. The Kier molecular flexibility index (Phi) is 3.54. The molecule has 16 heavy (non-hydrogen) atoms. The second-order valence-electron chi connectivity index (χ2n) is 3.74.